The third-order valence-electron chi connectivity index (χ3n) is 2.22. The Balaban J connectivity index is 4.04. The van der Waals surface area contributed by atoms with E-state index in [1.54, 1.807) is 0 Å². The molecule has 84 valence electrons. The van der Waals surface area contributed by atoms with Crippen molar-refractivity contribution in [2.24, 2.45) is 22.7 Å². The van der Waals surface area contributed by atoms with E-state index in [0.717, 1.165) is 19.6 Å². The van der Waals surface area contributed by atoms with Gasteiger partial charge < -0.3 is 15.8 Å². The van der Waals surface area contributed by atoms with Gasteiger partial charge in [-0.3, -0.25) is 0 Å². The van der Waals surface area contributed by atoms with Crippen LogP contribution < -0.4 is 5.73 Å². The van der Waals surface area contributed by atoms with Gasteiger partial charge in [0.15, 0.2) is 0 Å². The van der Waals surface area contributed by atoms with Crippen molar-refractivity contribution in [2.75, 3.05) is 19.6 Å². The standard InChI is InChI=1S/C10H23N3O/c1-5-13(6-8(2)3)7-9(4)10(11)12-14/h8-9,14H,5-7H2,1-4H3,(H2,11,12). The summed E-state index contributed by atoms with van der Waals surface area (Å²) in [4.78, 5) is 2.31. The Bertz CT molecular complexity index is 180. The molecule has 0 heterocycles. The predicted octanol–water partition coefficient (Wildman–Crippen LogP) is 1.35. The van der Waals surface area contributed by atoms with Gasteiger partial charge in [-0.05, 0) is 12.5 Å². The Kier molecular flexibility index (Phi) is 6.28. The van der Waals surface area contributed by atoms with E-state index in [1.807, 2.05) is 6.92 Å². The van der Waals surface area contributed by atoms with E-state index < -0.39 is 0 Å². The van der Waals surface area contributed by atoms with E-state index in [4.69, 9.17) is 10.9 Å². The lowest BCUT2D eigenvalue weighted by Gasteiger charge is -2.25. The summed E-state index contributed by atoms with van der Waals surface area (Å²) < 4.78 is 0. The minimum Gasteiger partial charge on any atom is -0.409 e. The molecule has 1 unspecified atom stereocenters. The fourth-order valence-corrected chi connectivity index (χ4v) is 1.43. The molecule has 0 radical (unpaired) electrons. The van der Waals surface area contributed by atoms with Crippen LogP contribution in [0.5, 0.6) is 0 Å². The van der Waals surface area contributed by atoms with Crippen molar-refractivity contribution in [1.29, 1.82) is 0 Å². The summed E-state index contributed by atoms with van der Waals surface area (Å²) in [7, 11) is 0. The fourth-order valence-electron chi connectivity index (χ4n) is 1.43. The molecule has 4 heteroatoms. The highest BCUT2D eigenvalue weighted by atomic mass is 16.4. The fraction of sp³-hybridized carbons (Fsp3) is 0.900. The minimum absolute atomic E-state index is 0.110. The summed E-state index contributed by atoms with van der Waals surface area (Å²) >= 11 is 0. The highest BCUT2D eigenvalue weighted by Crippen LogP contribution is 2.03. The van der Waals surface area contributed by atoms with Gasteiger partial charge in [0, 0.05) is 19.0 Å². The largest absolute Gasteiger partial charge is 0.409 e. The van der Waals surface area contributed by atoms with E-state index in [2.05, 4.69) is 30.8 Å². The van der Waals surface area contributed by atoms with Crippen LogP contribution in [0.4, 0.5) is 0 Å². The van der Waals surface area contributed by atoms with Crippen LogP contribution in [0, 0.1) is 11.8 Å². The summed E-state index contributed by atoms with van der Waals surface area (Å²) in [5.74, 6) is 1.07. The molecule has 0 bridgehead atoms. The molecule has 0 saturated carbocycles. The molecule has 0 spiro atoms. The van der Waals surface area contributed by atoms with Crippen LogP contribution in [0.25, 0.3) is 0 Å². The molecule has 0 aromatic heterocycles. The topological polar surface area (TPSA) is 61.8 Å². The highest BCUT2D eigenvalue weighted by Gasteiger charge is 2.13. The van der Waals surface area contributed by atoms with Crippen molar-refractivity contribution in [1.82, 2.24) is 4.90 Å². The van der Waals surface area contributed by atoms with E-state index in [9.17, 15) is 0 Å². The maximum atomic E-state index is 8.52. The van der Waals surface area contributed by atoms with Crippen LogP contribution >= 0.6 is 0 Å². The van der Waals surface area contributed by atoms with E-state index in [-0.39, 0.29) is 5.92 Å². The first-order valence-electron chi connectivity index (χ1n) is 5.21. The lowest BCUT2D eigenvalue weighted by atomic mass is 10.1. The van der Waals surface area contributed by atoms with Crippen molar-refractivity contribution in [3.8, 4) is 0 Å². The van der Waals surface area contributed by atoms with E-state index in [1.165, 1.54) is 0 Å². The molecule has 0 aromatic carbocycles. The van der Waals surface area contributed by atoms with Crippen LogP contribution in [0.3, 0.4) is 0 Å². The first-order chi connectivity index (χ1) is 6.51. The summed E-state index contributed by atoms with van der Waals surface area (Å²) in [5, 5.41) is 11.5. The van der Waals surface area contributed by atoms with Crippen molar-refractivity contribution in [3.05, 3.63) is 0 Å². The molecule has 0 aromatic rings. The van der Waals surface area contributed by atoms with Crippen molar-refractivity contribution >= 4 is 5.84 Å². The van der Waals surface area contributed by atoms with Crippen molar-refractivity contribution in [2.45, 2.75) is 27.7 Å². The molecule has 4 nitrogen and oxygen atoms in total. The Morgan fingerprint density at radius 1 is 1.36 bits per heavy atom. The molecule has 0 rings (SSSR count). The average Bonchev–Trinajstić information content (AvgIpc) is 2.14. The molecule has 3 N–H and O–H groups in total. The van der Waals surface area contributed by atoms with Gasteiger partial charge in [-0.15, -0.1) is 0 Å². The van der Waals surface area contributed by atoms with Gasteiger partial charge in [0.1, 0.15) is 5.84 Å². The van der Waals surface area contributed by atoms with Crippen LogP contribution in [0.15, 0.2) is 5.16 Å². The van der Waals surface area contributed by atoms with Crippen molar-refractivity contribution in [3.63, 3.8) is 0 Å². The zero-order valence-electron chi connectivity index (χ0n) is 9.70. The monoisotopic (exact) mass is 201 g/mol. The Labute approximate surface area is 86.8 Å². The normalized spacial score (nSPS) is 15.1. The van der Waals surface area contributed by atoms with Gasteiger partial charge in [0.2, 0.25) is 0 Å². The van der Waals surface area contributed by atoms with E-state index in [0.29, 0.717) is 11.8 Å². The number of nitrogens with zero attached hydrogens (tertiary/aromatic N) is 2. The molecular weight excluding hydrogens is 178 g/mol. The second-order valence-corrected chi connectivity index (χ2v) is 4.17. The summed E-state index contributed by atoms with van der Waals surface area (Å²) in [6, 6.07) is 0. The van der Waals surface area contributed by atoms with Crippen LogP contribution in [0.2, 0.25) is 0 Å². The van der Waals surface area contributed by atoms with Crippen LogP contribution in [0.1, 0.15) is 27.7 Å². The molecule has 0 aliphatic carbocycles. The molecule has 0 saturated heterocycles. The van der Waals surface area contributed by atoms with Gasteiger partial charge >= 0.3 is 0 Å². The van der Waals surface area contributed by atoms with Crippen molar-refractivity contribution < 1.29 is 5.21 Å². The van der Waals surface area contributed by atoms with Gasteiger partial charge in [-0.2, -0.15) is 0 Å². The third kappa shape index (κ3) is 5.07. The molecule has 0 amide bonds. The van der Waals surface area contributed by atoms with Gasteiger partial charge in [0.05, 0.1) is 0 Å². The molecule has 1 atom stereocenters. The van der Waals surface area contributed by atoms with Crippen LogP contribution in [-0.4, -0.2) is 35.6 Å². The zero-order chi connectivity index (χ0) is 11.1. The highest BCUT2D eigenvalue weighted by molar-refractivity contribution is 5.82. The summed E-state index contributed by atoms with van der Waals surface area (Å²) in [6.07, 6.45) is 0. The smallest absolute Gasteiger partial charge is 0.143 e. The number of oxime groups is 1. The lowest BCUT2D eigenvalue weighted by Crippen LogP contribution is -2.36. The van der Waals surface area contributed by atoms with Gasteiger partial charge in [-0.25, -0.2) is 0 Å². The van der Waals surface area contributed by atoms with E-state index >= 15 is 0 Å². The molecule has 0 fully saturated rings. The molecular formula is C10H23N3O. The predicted molar refractivity (Wildman–Crippen MR) is 59.5 cm³/mol. The first-order valence-corrected chi connectivity index (χ1v) is 5.21. The lowest BCUT2D eigenvalue weighted by molar-refractivity contribution is 0.239. The number of amidine groups is 1. The quantitative estimate of drug-likeness (QED) is 0.295. The second-order valence-electron chi connectivity index (χ2n) is 4.17. The number of hydrogen-bond acceptors (Lipinski definition) is 3. The molecule has 14 heavy (non-hydrogen) atoms. The average molecular weight is 201 g/mol. The Morgan fingerprint density at radius 2 is 1.93 bits per heavy atom. The first kappa shape index (κ1) is 13.2. The molecule has 0 aliphatic heterocycles. The SMILES string of the molecule is CCN(CC(C)C)CC(C)/C(N)=N/O. The second kappa shape index (κ2) is 6.65. The number of hydrogen-bond donors (Lipinski definition) is 2. The van der Waals surface area contributed by atoms with Gasteiger partial charge in [0.25, 0.3) is 0 Å². The number of nitrogens with two attached hydrogens (primary N) is 1. The summed E-state index contributed by atoms with van der Waals surface area (Å²) in [6.45, 7) is 11.4. The Morgan fingerprint density at radius 3 is 2.29 bits per heavy atom. The molecule has 0 aliphatic rings. The maximum absolute atomic E-state index is 8.52. The Hall–Kier alpha value is -0.770. The van der Waals surface area contributed by atoms with Crippen LogP contribution in [-0.2, 0) is 0 Å². The maximum Gasteiger partial charge on any atom is 0.143 e. The van der Waals surface area contributed by atoms with Gasteiger partial charge in [-0.1, -0.05) is 32.9 Å². The zero-order valence-corrected chi connectivity index (χ0v) is 9.70. The third-order valence-corrected chi connectivity index (χ3v) is 2.22. The minimum atomic E-state index is 0.110. The summed E-state index contributed by atoms with van der Waals surface area (Å²) in [5.41, 5.74) is 5.52. The number of rotatable bonds is 6.